The molecule has 0 radical (unpaired) electrons. The second-order valence-electron chi connectivity index (χ2n) is 3.42. The smallest absolute Gasteiger partial charge is 0.0131 e. The van der Waals surface area contributed by atoms with Gasteiger partial charge in [0.1, 0.15) is 0 Å². The Bertz CT molecular complexity index is 225. The van der Waals surface area contributed by atoms with Crippen LogP contribution in [0.4, 0.5) is 0 Å². The molecule has 0 bridgehead atoms. The highest BCUT2D eigenvalue weighted by Crippen LogP contribution is 2.49. The Morgan fingerprint density at radius 3 is 2.55 bits per heavy atom. The molecule has 1 saturated carbocycles. The van der Waals surface area contributed by atoms with Crippen LogP contribution in [0.15, 0.2) is 30.3 Å². The molecule has 0 amide bonds. The molecule has 1 unspecified atom stereocenters. The van der Waals surface area contributed by atoms with E-state index in [1.165, 1.54) is 12.8 Å². The van der Waals surface area contributed by atoms with Crippen LogP contribution in [-0.2, 0) is 0 Å². The summed E-state index contributed by atoms with van der Waals surface area (Å²) in [6.07, 6.45) is 2.76. The van der Waals surface area contributed by atoms with E-state index in [0.717, 1.165) is 11.8 Å². The van der Waals surface area contributed by atoms with E-state index in [2.05, 4.69) is 37.3 Å². The van der Waals surface area contributed by atoms with E-state index in [0.29, 0.717) is 0 Å². The lowest BCUT2D eigenvalue weighted by atomic mass is 10.1. The number of hydrogen-bond acceptors (Lipinski definition) is 0. The summed E-state index contributed by atoms with van der Waals surface area (Å²) in [5, 5.41) is 0. The fraction of sp³-hybridized carbons (Fsp3) is 0.455. The molecule has 1 aromatic carbocycles. The molecule has 1 aliphatic carbocycles. The Kier molecular flexibility index (Phi) is 1.69. The Morgan fingerprint density at radius 1 is 1.27 bits per heavy atom. The summed E-state index contributed by atoms with van der Waals surface area (Å²) in [5.74, 6) is 1.87. The van der Waals surface area contributed by atoms with E-state index in [9.17, 15) is 0 Å². The van der Waals surface area contributed by atoms with Crippen molar-refractivity contribution in [3.8, 4) is 0 Å². The minimum Gasteiger partial charge on any atom is -0.0651 e. The van der Waals surface area contributed by atoms with Crippen molar-refractivity contribution in [3.63, 3.8) is 0 Å². The summed E-state index contributed by atoms with van der Waals surface area (Å²) >= 11 is 0. The molecule has 0 aromatic heterocycles. The number of benzene rings is 1. The van der Waals surface area contributed by atoms with Crippen LogP contribution in [0, 0.1) is 5.92 Å². The maximum absolute atomic E-state index is 2.29. The molecule has 1 aliphatic rings. The first-order chi connectivity index (χ1) is 5.42. The van der Waals surface area contributed by atoms with E-state index in [1.54, 1.807) is 5.56 Å². The second kappa shape index (κ2) is 2.69. The molecule has 0 saturated heterocycles. The van der Waals surface area contributed by atoms with Gasteiger partial charge in [0.05, 0.1) is 0 Å². The molecule has 58 valence electrons. The molecule has 2 rings (SSSR count). The Hall–Kier alpha value is -0.780. The topological polar surface area (TPSA) is 0 Å². The van der Waals surface area contributed by atoms with Crippen molar-refractivity contribution in [3.05, 3.63) is 35.9 Å². The van der Waals surface area contributed by atoms with Crippen LogP contribution in [0.3, 0.4) is 0 Å². The predicted molar refractivity (Wildman–Crippen MR) is 47.6 cm³/mol. The summed E-state index contributed by atoms with van der Waals surface area (Å²) in [6, 6.07) is 10.9. The molecule has 1 fully saturated rings. The summed E-state index contributed by atoms with van der Waals surface area (Å²) in [6.45, 7) is 2.29. The zero-order valence-electron chi connectivity index (χ0n) is 6.96. The molecule has 1 aromatic rings. The lowest BCUT2D eigenvalue weighted by Crippen LogP contribution is -1.80. The third kappa shape index (κ3) is 1.30. The second-order valence-corrected chi connectivity index (χ2v) is 3.42. The molecule has 11 heavy (non-hydrogen) atoms. The van der Waals surface area contributed by atoms with E-state index < -0.39 is 0 Å². The minimum atomic E-state index is 0.890. The molecule has 0 spiro atoms. The molecule has 0 aliphatic heterocycles. The first-order valence-corrected chi connectivity index (χ1v) is 4.46. The van der Waals surface area contributed by atoms with Gasteiger partial charge in [-0.15, -0.1) is 0 Å². The molecule has 0 nitrogen and oxygen atoms in total. The van der Waals surface area contributed by atoms with E-state index in [-0.39, 0.29) is 0 Å². The fourth-order valence-electron chi connectivity index (χ4n) is 1.81. The van der Waals surface area contributed by atoms with Gasteiger partial charge in [-0.1, -0.05) is 43.7 Å². The third-order valence-electron chi connectivity index (χ3n) is 2.67. The normalized spacial score (nSPS) is 28.5. The number of rotatable bonds is 2. The van der Waals surface area contributed by atoms with Crippen LogP contribution in [-0.4, -0.2) is 0 Å². The van der Waals surface area contributed by atoms with Crippen molar-refractivity contribution >= 4 is 0 Å². The van der Waals surface area contributed by atoms with Gasteiger partial charge in [0.15, 0.2) is 0 Å². The maximum atomic E-state index is 2.29. The van der Waals surface area contributed by atoms with Gasteiger partial charge in [0.25, 0.3) is 0 Å². The van der Waals surface area contributed by atoms with E-state index >= 15 is 0 Å². The van der Waals surface area contributed by atoms with Crippen molar-refractivity contribution in [1.29, 1.82) is 0 Å². The van der Waals surface area contributed by atoms with Crippen molar-refractivity contribution in [2.24, 2.45) is 5.92 Å². The van der Waals surface area contributed by atoms with Crippen LogP contribution < -0.4 is 0 Å². The van der Waals surface area contributed by atoms with E-state index in [4.69, 9.17) is 0 Å². The SMILES string of the molecule is CC[C@@H]1CC1c1ccccc1. The molecular formula is C11H14. The average Bonchev–Trinajstić information content (AvgIpc) is 2.85. The highest BCUT2D eigenvalue weighted by atomic mass is 14.4. The van der Waals surface area contributed by atoms with Gasteiger partial charge < -0.3 is 0 Å². The Balaban J connectivity index is 2.09. The predicted octanol–water partition coefficient (Wildman–Crippen LogP) is 3.20. The van der Waals surface area contributed by atoms with Crippen molar-refractivity contribution in [1.82, 2.24) is 0 Å². The highest BCUT2D eigenvalue weighted by Gasteiger charge is 2.35. The van der Waals surface area contributed by atoms with Crippen LogP contribution in [0.1, 0.15) is 31.2 Å². The van der Waals surface area contributed by atoms with Gasteiger partial charge in [0, 0.05) is 0 Å². The van der Waals surface area contributed by atoms with Crippen LogP contribution >= 0.6 is 0 Å². The van der Waals surface area contributed by atoms with Crippen LogP contribution in [0.25, 0.3) is 0 Å². The Morgan fingerprint density at radius 2 is 2.00 bits per heavy atom. The monoisotopic (exact) mass is 146 g/mol. The molecule has 0 heteroatoms. The molecule has 0 heterocycles. The Labute approximate surface area is 68.3 Å². The molecule has 0 N–H and O–H groups in total. The van der Waals surface area contributed by atoms with Gasteiger partial charge in [-0.3, -0.25) is 0 Å². The van der Waals surface area contributed by atoms with Gasteiger partial charge in [0.2, 0.25) is 0 Å². The van der Waals surface area contributed by atoms with Gasteiger partial charge in [-0.05, 0) is 23.8 Å². The summed E-state index contributed by atoms with van der Waals surface area (Å²) in [7, 11) is 0. The minimum absolute atomic E-state index is 0.890. The molecule has 2 atom stereocenters. The first-order valence-electron chi connectivity index (χ1n) is 4.46. The van der Waals surface area contributed by atoms with Crippen LogP contribution in [0.2, 0.25) is 0 Å². The summed E-state index contributed by atoms with van der Waals surface area (Å²) < 4.78 is 0. The lowest BCUT2D eigenvalue weighted by Gasteiger charge is -1.96. The summed E-state index contributed by atoms with van der Waals surface area (Å²) in [4.78, 5) is 0. The summed E-state index contributed by atoms with van der Waals surface area (Å²) in [5.41, 5.74) is 1.54. The third-order valence-corrected chi connectivity index (χ3v) is 2.67. The number of hydrogen-bond donors (Lipinski definition) is 0. The average molecular weight is 146 g/mol. The first kappa shape index (κ1) is 6.90. The zero-order chi connectivity index (χ0) is 7.68. The van der Waals surface area contributed by atoms with Crippen molar-refractivity contribution < 1.29 is 0 Å². The standard InChI is InChI=1S/C11H14/c1-2-9-8-11(9)10-6-4-3-5-7-10/h3-7,9,11H,2,8H2,1H3/t9-,11?/m1/s1. The maximum Gasteiger partial charge on any atom is -0.0131 e. The molecular weight excluding hydrogens is 132 g/mol. The largest absolute Gasteiger partial charge is 0.0651 e. The van der Waals surface area contributed by atoms with Gasteiger partial charge in [-0.25, -0.2) is 0 Å². The lowest BCUT2D eigenvalue weighted by molar-refractivity contribution is 0.766. The van der Waals surface area contributed by atoms with Gasteiger partial charge in [-0.2, -0.15) is 0 Å². The van der Waals surface area contributed by atoms with Gasteiger partial charge >= 0.3 is 0 Å². The zero-order valence-corrected chi connectivity index (χ0v) is 6.96. The van der Waals surface area contributed by atoms with E-state index in [1.807, 2.05) is 0 Å². The highest BCUT2D eigenvalue weighted by molar-refractivity contribution is 5.25. The van der Waals surface area contributed by atoms with Crippen molar-refractivity contribution in [2.75, 3.05) is 0 Å². The van der Waals surface area contributed by atoms with Crippen LogP contribution in [0.5, 0.6) is 0 Å². The quantitative estimate of drug-likeness (QED) is 0.601. The van der Waals surface area contributed by atoms with Crippen molar-refractivity contribution in [2.45, 2.75) is 25.7 Å². The fourth-order valence-corrected chi connectivity index (χ4v) is 1.81.